The van der Waals surface area contributed by atoms with Gasteiger partial charge in [0.1, 0.15) is 0 Å². The number of aromatic nitrogens is 6. The molecule has 0 radical (unpaired) electrons. The Kier molecular flexibility index (Phi) is 6.10. The van der Waals surface area contributed by atoms with Crippen LogP contribution in [-0.2, 0) is 16.3 Å². The molecule has 2 fully saturated rings. The summed E-state index contributed by atoms with van der Waals surface area (Å²) in [5.41, 5.74) is 2.16. The van der Waals surface area contributed by atoms with Gasteiger partial charge >= 0.3 is 12.4 Å². The third kappa shape index (κ3) is 5.32. The van der Waals surface area contributed by atoms with Crippen molar-refractivity contribution in [3.8, 4) is 23.2 Å². The number of nitrogens with zero attached hydrogens (tertiary/aromatic N) is 7. The van der Waals surface area contributed by atoms with Crippen molar-refractivity contribution in [1.29, 1.82) is 0 Å². The monoisotopic (exact) mass is 563 g/mol. The molecule has 0 atom stereocenters. The van der Waals surface area contributed by atoms with Gasteiger partial charge in [0.25, 0.3) is 0 Å². The number of hydrogen-bond donors (Lipinski definition) is 0. The fourth-order valence-corrected chi connectivity index (χ4v) is 6.23. The molecule has 0 bridgehead atoms. The molecule has 4 aromatic heterocycles. The minimum atomic E-state index is -4.83. The molecule has 6 rings (SSSR count). The van der Waals surface area contributed by atoms with Crippen LogP contribution in [-0.4, -0.2) is 79.8 Å². The van der Waals surface area contributed by atoms with Gasteiger partial charge in [-0.15, -0.1) is 18.3 Å². The van der Waals surface area contributed by atoms with Crippen LogP contribution in [0.15, 0.2) is 34.9 Å². The van der Waals surface area contributed by atoms with E-state index < -0.39 is 22.1 Å². The molecule has 0 aromatic carbocycles. The minimum absolute atomic E-state index is 0.0214. The van der Waals surface area contributed by atoms with E-state index in [0.29, 0.717) is 42.3 Å². The number of ether oxygens (including phenoxy) is 1. The van der Waals surface area contributed by atoms with E-state index in [1.54, 1.807) is 13.0 Å². The highest BCUT2D eigenvalue weighted by molar-refractivity contribution is 7.91. The maximum absolute atomic E-state index is 12.5. The summed E-state index contributed by atoms with van der Waals surface area (Å²) >= 11 is 0. The summed E-state index contributed by atoms with van der Waals surface area (Å²) in [5, 5.41) is 13.5. The summed E-state index contributed by atoms with van der Waals surface area (Å²) in [4.78, 5) is 10.7. The van der Waals surface area contributed by atoms with E-state index in [1.807, 2.05) is 6.07 Å². The van der Waals surface area contributed by atoms with Gasteiger partial charge in [-0.3, -0.25) is 4.90 Å². The zero-order chi connectivity index (χ0) is 27.4. The van der Waals surface area contributed by atoms with Gasteiger partial charge in [0.15, 0.2) is 15.5 Å². The first-order valence-electron chi connectivity index (χ1n) is 12.4. The highest BCUT2D eigenvalue weighted by Crippen LogP contribution is 2.46. The van der Waals surface area contributed by atoms with Crippen molar-refractivity contribution >= 4 is 20.9 Å². The predicted octanol–water partition coefficient (Wildman–Crippen LogP) is 3.27. The van der Waals surface area contributed by atoms with Gasteiger partial charge in [0.2, 0.25) is 11.8 Å². The third-order valence-corrected chi connectivity index (χ3v) is 8.84. The molecule has 0 spiro atoms. The molecule has 1 saturated carbocycles. The van der Waals surface area contributed by atoms with Crippen LogP contribution >= 0.6 is 0 Å². The van der Waals surface area contributed by atoms with E-state index in [9.17, 15) is 21.6 Å². The molecule has 0 N–H and O–H groups in total. The fourth-order valence-electron chi connectivity index (χ4n) is 5.02. The van der Waals surface area contributed by atoms with E-state index in [2.05, 4.69) is 24.8 Å². The molecule has 1 aliphatic carbocycles. The Morgan fingerprint density at radius 1 is 1.10 bits per heavy atom. The highest BCUT2D eigenvalue weighted by Gasteiger charge is 2.48. The summed E-state index contributed by atoms with van der Waals surface area (Å²) in [6.07, 6.45) is -0.110. The zero-order valence-corrected chi connectivity index (χ0v) is 21.7. The zero-order valence-electron chi connectivity index (χ0n) is 20.8. The van der Waals surface area contributed by atoms with Crippen molar-refractivity contribution in [1.82, 2.24) is 34.8 Å². The van der Waals surface area contributed by atoms with Crippen molar-refractivity contribution in [2.45, 2.75) is 44.5 Å². The van der Waals surface area contributed by atoms with Gasteiger partial charge in [-0.05, 0) is 43.9 Å². The lowest BCUT2D eigenvalue weighted by molar-refractivity contribution is -0.276. The molecule has 1 aliphatic heterocycles. The van der Waals surface area contributed by atoms with Crippen LogP contribution < -0.4 is 4.74 Å². The number of halogens is 3. The number of fused-ring (bicyclic) bond motifs is 1. The Labute approximate surface area is 220 Å². The molecular weight excluding hydrogens is 539 g/mol. The summed E-state index contributed by atoms with van der Waals surface area (Å²) < 4.78 is 72.2. The summed E-state index contributed by atoms with van der Waals surface area (Å²) in [5.74, 6) is 0.163. The van der Waals surface area contributed by atoms with Crippen LogP contribution in [0, 0.1) is 6.92 Å². The molecule has 4 aromatic rings. The Bertz CT molecular complexity index is 1620. The molecule has 5 heterocycles. The summed E-state index contributed by atoms with van der Waals surface area (Å²) in [6, 6.07) is 6.31. The molecule has 1 saturated heterocycles. The SMILES string of the molecule is Cc1nnc(-n2nc(CCC3(N4CCS(=O)(=O)CC4)CC3)c3ccc(-c4ccc(OC(F)(F)F)nc4)nc32)o1. The van der Waals surface area contributed by atoms with Gasteiger partial charge in [-0.1, -0.05) is 5.10 Å². The lowest BCUT2D eigenvalue weighted by atomic mass is 10.0. The summed E-state index contributed by atoms with van der Waals surface area (Å²) in [7, 11) is -2.96. The smallest absolute Gasteiger partial charge is 0.407 e. The van der Waals surface area contributed by atoms with E-state index in [4.69, 9.17) is 14.5 Å². The molecule has 0 unspecified atom stereocenters. The van der Waals surface area contributed by atoms with E-state index >= 15 is 0 Å². The topological polar surface area (TPSA) is 129 Å². The van der Waals surface area contributed by atoms with E-state index in [-0.39, 0.29) is 23.1 Å². The van der Waals surface area contributed by atoms with Crippen molar-refractivity contribution < 1.29 is 30.7 Å². The van der Waals surface area contributed by atoms with Gasteiger partial charge < -0.3 is 9.15 Å². The third-order valence-electron chi connectivity index (χ3n) is 7.23. The first-order valence-corrected chi connectivity index (χ1v) is 14.2. The first-order chi connectivity index (χ1) is 18.5. The second kappa shape index (κ2) is 9.26. The largest absolute Gasteiger partial charge is 0.574 e. The highest BCUT2D eigenvalue weighted by atomic mass is 32.2. The lowest BCUT2D eigenvalue weighted by Gasteiger charge is -2.34. The molecule has 0 amide bonds. The number of aryl methyl sites for hydroxylation is 2. The Balaban J connectivity index is 1.29. The first kappa shape index (κ1) is 25.7. The van der Waals surface area contributed by atoms with Gasteiger partial charge in [-0.2, -0.15) is 9.78 Å². The van der Waals surface area contributed by atoms with Crippen LogP contribution in [0.1, 0.15) is 30.8 Å². The van der Waals surface area contributed by atoms with Gasteiger partial charge in [-0.25, -0.2) is 18.4 Å². The average Bonchev–Trinajstić information content (AvgIpc) is 3.40. The standard InChI is InChI=1S/C24H24F3N7O4S/c1-15-30-31-22(37-15)34-21-17(3-4-18(29-21)16-2-5-20(28-14-16)38-24(25,26)27)19(32-34)6-7-23(8-9-23)33-10-12-39(35,36)13-11-33/h2-5,14H,6-13H2,1H3. The fraction of sp³-hybridized carbons (Fsp3) is 0.458. The number of alkyl halides is 3. The quantitative estimate of drug-likeness (QED) is 0.330. The maximum atomic E-state index is 12.5. The van der Waals surface area contributed by atoms with Crippen LogP contribution in [0.4, 0.5) is 13.2 Å². The Morgan fingerprint density at radius 2 is 1.87 bits per heavy atom. The lowest BCUT2D eigenvalue weighted by Crippen LogP contribution is -2.47. The molecule has 39 heavy (non-hydrogen) atoms. The summed E-state index contributed by atoms with van der Waals surface area (Å²) in [6.45, 7) is 2.75. The maximum Gasteiger partial charge on any atom is 0.574 e. The van der Waals surface area contributed by atoms with Crippen LogP contribution in [0.5, 0.6) is 5.88 Å². The molecule has 2 aliphatic rings. The molecule has 11 nitrogen and oxygen atoms in total. The number of rotatable bonds is 7. The Hall–Kier alpha value is -3.59. The number of pyridine rings is 2. The van der Waals surface area contributed by atoms with Crippen molar-refractivity contribution in [3.05, 3.63) is 42.0 Å². The Morgan fingerprint density at radius 3 is 2.49 bits per heavy atom. The van der Waals surface area contributed by atoms with Crippen LogP contribution in [0.25, 0.3) is 28.3 Å². The normalized spacial score (nSPS) is 18.9. The van der Waals surface area contributed by atoms with Crippen LogP contribution in [0.2, 0.25) is 0 Å². The second-order valence-electron chi connectivity index (χ2n) is 9.83. The molecule has 206 valence electrons. The van der Waals surface area contributed by atoms with Crippen molar-refractivity contribution in [2.24, 2.45) is 0 Å². The van der Waals surface area contributed by atoms with Crippen LogP contribution in [0.3, 0.4) is 0 Å². The molecule has 15 heteroatoms. The van der Waals surface area contributed by atoms with E-state index in [1.165, 1.54) is 16.9 Å². The second-order valence-corrected chi connectivity index (χ2v) is 12.1. The molecular formula is C24H24F3N7O4S. The average molecular weight is 564 g/mol. The van der Waals surface area contributed by atoms with E-state index in [0.717, 1.165) is 36.4 Å². The van der Waals surface area contributed by atoms with Gasteiger partial charge in [0.05, 0.1) is 22.9 Å². The van der Waals surface area contributed by atoms with Crippen molar-refractivity contribution in [3.63, 3.8) is 0 Å². The van der Waals surface area contributed by atoms with Gasteiger partial charge in [0, 0.05) is 48.8 Å². The number of hydrogen-bond acceptors (Lipinski definition) is 10. The van der Waals surface area contributed by atoms with Crippen molar-refractivity contribution in [2.75, 3.05) is 24.6 Å². The minimum Gasteiger partial charge on any atom is -0.407 e. The predicted molar refractivity (Wildman–Crippen MR) is 132 cm³/mol. The number of sulfone groups is 1.